The molecule has 94 valence electrons. The van der Waals surface area contributed by atoms with Crippen LogP contribution in [0, 0.1) is 11.8 Å². The highest BCUT2D eigenvalue weighted by Gasteiger charge is 2.28. The summed E-state index contributed by atoms with van der Waals surface area (Å²) in [5.41, 5.74) is 5.84. The number of rotatable bonds is 3. The van der Waals surface area contributed by atoms with Gasteiger partial charge < -0.3 is 15.4 Å². The number of hydrogen-bond donors (Lipinski definition) is 1. The minimum absolute atomic E-state index is 0.403. The summed E-state index contributed by atoms with van der Waals surface area (Å²) in [6, 6.07) is 0. The van der Waals surface area contributed by atoms with E-state index in [0.29, 0.717) is 6.10 Å². The van der Waals surface area contributed by atoms with Crippen LogP contribution < -0.4 is 5.73 Å². The van der Waals surface area contributed by atoms with E-state index in [1.807, 2.05) is 0 Å². The highest BCUT2D eigenvalue weighted by atomic mass is 16.5. The van der Waals surface area contributed by atoms with Crippen molar-refractivity contribution in [3.8, 4) is 0 Å². The second-order valence-electron chi connectivity index (χ2n) is 5.48. The SMILES string of the molecule is CC1CN(CC2CCCC2CN)CCCO1. The van der Waals surface area contributed by atoms with Crippen LogP contribution in [0.4, 0.5) is 0 Å². The van der Waals surface area contributed by atoms with Crippen molar-refractivity contribution >= 4 is 0 Å². The Kier molecular flexibility index (Phi) is 4.62. The number of nitrogens with zero attached hydrogens (tertiary/aromatic N) is 1. The predicted octanol–water partition coefficient (Wildman–Crippen LogP) is 1.47. The van der Waals surface area contributed by atoms with Crippen molar-refractivity contribution in [2.24, 2.45) is 17.6 Å². The van der Waals surface area contributed by atoms with E-state index >= 15 is 0 Å². The third-order valence-corrected chi connectivity index (χ3v) is 4.15. The van der Waals surface area contributed by atoms with Gasteiger partial charge in [-0.1, -0.05) is 6.42 Å². The van der Waals surface area contributed by atoms with Crippen molar-refractivity contribution in [2.45, 2.75) is 38.7 Å². The highest BCUT2D eigenvalue weighted by molar-refractivity contribution is 4.81. The van der Waals surface area contributed by atoms with Gasteiger partial charge in [0.1, 0.15) is 0 Å². The van der Waals surface area contributed by atoms with Gasteiger partial charge in [-0.3, -0.25) is 0 Å². The van der Waals surface area contributed by atoms with E-state index in [1.54, 1.807) is 0 Å². The van der Waals surface area contributed by atoms with Crippen LogP contribution in [-0.2, 0) is 4.74 Å². The van der Waals surface area contributed by atoms with E-state index < -0.39 is 0 Å². The van der Waals surface area contributed by atoms with Gasteiger partial charge in [0.15, 0.2) is 0 Å². The molecular formula is C13H26N2O. The lowest BCUT2D eigenvalue weighted by Crippen LogP contribution is -2.36. The molecule has 1 saturated heterocycles. The fraction of sp³-hybridized carbons (Fsp3) is 1.00. The predicted molar refractivity (Wildman–Crippen MR) is 66.4 cm³/mol. The van der Waals surface area contributed by atoms with Gasteiger partial charge in [0.2, 0.25) is 0 Å². The Hall–Kier alpha value is -0.120. The van der Waals surface area contributed by atoms with Gasteiger partial charge in [-0.05, 0) is 44.6 Å². The Morgan fingerprint density at radius 3 is 2.88 bits per heavy atom. The fourth-order valence-corrected chi connectivity index (χ4v) is 3.24. The van der Waals surface area contributed by atoms with E-state index in [9.17, 15) is 0 Å². The summed E-state index contributed by atoms with van der Waals surface area (Å²) in [4.78, 5) is 2.59. The van der Waals surface area contributed by atoms with Crippen molar-refractivity contribution in [1.82, 2.24) is 4.90 Å². The first-order chi connectivity index (χ1) is 7.79. The van der Waals surface area contributed by atoms with E-state index in [0.717, 1.165) is 31.5 Å². The maximum Gasteiger partial charge on any atom is 0.0673 e. The third kappa shape index (κ3) is 3.19. The third-order valence-electron chi connectivity index (χ3n) is 4.15. The van der Waals surface area contributed by atoms with Crippen molar-refractivity contribution in [1.29, 1.82) is 0 Å². The standard InChI is InChI=1S/C13H26N2O/c1-11-9-15(6-3-7-16-11)10-13-5-2-4-12(13)8-14/h11-13H,2-10,14H2,1H3. The van der Waals surface area contributed by atoms with Crippen LogP contribution in [0.2, 0.25) is 0 Å². The zero-order valence-electron chi connectivity index (χ0n) is 10.5. The lowest BCUT2D eigenvalue weighted by Gasteiger charge is -2.27. The fourth-order valence-electron chi connectivity index (χ4n) is 3.24. The van der Waals surface area contributed by atoms with Crippen molar-refractivity contribution in [3.05, 3.63) is 0 Å². The van der Waals surface area contributed by atoms with Crippen LogP contribution in [0.1, 0.15) is 32.6 Å². The molecule has 3 nitrogen and oxygen atoms in total. The number of ether oxygens (including phenoxy) is 1. The van der Waals surface area contributed by atoms with Gasteiger partial charge in [0.25, 0.3) is 0 Å². The van der Waals surface area contributed by atoms with E-state index in [2.05, 4.69) is 11.8 Å². The first-order valence-corrected chi connectivity index (χ1v) is 6.83. The zero-order valence-corrected chi connectivity index (χ0v) is 10.5. The lowest BCUT2D eigenvalue weighted by molar-refractivity contribution is 0.0645. The molecular weight excluding hydrogens is 200 g/mol. The Morgan fingerprint density at radius 1 is 1.25 bits per heavy atom. The molecule has 2 N–H and O–H groups in total. The van der Waals surface area contributed by atoms with Crippen molar-refractivity contribution < 1.29 is 4.74 Å². The molecule has 3 heteroatoms. The highest BCUT2D eigenvalue weighted by Crippen LogP contribution is 2.31. The minimum atomic E-state index is 0.403. The van der Waals surface area contributed by atoms with Crippen LogP contribution in [-0.4, -0.2) is 43.8 Å². The molecule has 2 aliphatic rings. The molecule has 0 aromatic rings. The van der Waals surface area contributed by atoms with Crippen LogP contribution >= 0.6 is 0 Å². The number of nitrogens with two attached hydrogens (primary N) is 1. The molecule has 0 aromatic heterocycles. The monoisotopic (exact) mass is 226 g/mol. The number of hydrogen-bond acceptors (Lipinski definition) is 3. The summed E-state index contributed by atoms with van der Waals surface area (Å²) >= 11 is 0. The van der Waals surface area contributed by atoms with E-state index in [4.69, 9.17) is 10.5 Å². The van der Waals surface area contributed by atoms with Crippen molar-refractivity contribution in [2.75, 3.05) is 32.8 Å². The Bertz CT molecular complexity index is 210. The van der Waals surface area contributed by atoms with Gasteiger partial charge in [-0.25, -0.2) is 0 Å². The molecule has 0 bridgehead atoms. The Balaban J connectivity index is 1.82. The minimum Gasteiger partial charge on any atom is -0.377 e. The molecule has 1 aliphatic heterocycles. The quantitative estimate of drug-likeness (QED) is 0.792. The summed E-state index contributed by atoms with van der Waals surface area (Å²) in [6.45, 7) is 7.56. The maximum absolute atomic E-state index is 5.84. The van der Waals surface area contributed by atoms with E-state index in [1.165, 1.54) is 38.8 Å². The Labute approximate surface area is 99.3 Å². The largest absolute Gasteiger partial charge is 0.377 e. The molecule has 3 atom stereocenters. The molecule has 1 saturated carbocycles. The van der Waals surface area contributed by atoms with Gasteiger partial charge in [-0.2, -0.15) is 0 Å². The first kappa shape index (κ1) is 12.3. The molecule has 1 heterocycles. The molecule has 3 unspecified atom stereocenters. The first-order valence-electron chi connectivity index (χ1n) is 6.83. The smallest absolute Gasteiger partial charge is 0.0673 e. The summed E-state index contributed by atoms with van der Waals surface area (Å²) in [5.74, 6) is 1.62. The molecule has 2 fully saturated rings. The van der Waals surface area contributed by atoms with Crippen LogP contribution in [0.25, 0.3) is 0 Å². The van der Waals surface area contributed by atoms with Crippen LogP contribution in [0.15, 0.2) is 0 Å². The average molecular weight is 226 g/mol. The van der Waals surface area contributed by atoms with Gasteiger partial charge in [0.05, 0.1) is 6.10 Å². The molecule has 0 amide bonds. The molecule has 0 aromatic carbocycles. The molecule has 0 radical (unpaired) electrons. The zero-order chi connectivity index (χ0) is 11.4. The molecule has 0 spiro atoms. The second kappa shape index (κ2) is 5.99. The summed E-state index contributed by atoms with van der Waals surface area (Å²) < 4.78 is 5.68. The van der Waals surface area contributed by atoms with Crippen LogP contribution in [0.5, 0.6) is 0 Å². The van der Waals surface area contributed by atoms with Gasteiger partial charge in [0, 0.05) is 26.2 Å². The van der Waals surface area contributed by atoms with Gasteiger partial charge >= 0.3 is 0 Å². The lowest BCUT2D eigenvalue weighted by atomic mass is 9.95. The normalized spacial score (nSPS) is 37.5. The molecule has 2 rings (SSSR count). The summed E-state index contributed by atoms with van der Waals surface area (Å²) in [5, 5.41) is 0. The average Bonchev–Trinajstić information content (AvgIpc) is 2.61. The summed E-state index contributed by atoms with van der Waals surface area (Å²) in [6.07, 6.45) is 5.70. The second-order valence-corrected chi connectivity index (χ2v) is 5.48. The topological polar surface area (TPSA) is 38.5 Å². The van der Waals surface area contributed by atoms with Gasteiger partial charge in [-0.15, -0.1) is 0 Å². The van der Waals surface area contributed by atoms with Crippen LogP contribution in [0.3, 0.4) is 0 Å². The maximum atomic E-state index is 5.84. The Morgan fingerprint density at radius 2 is 2.06 bits per heavy atom. The molecule has 16 heavy (non-hydrogen) atoms. The summed E-state index contributed by atoms with van der Waals surface area (Å²) in [7, 11) is 0. The van der Waals surface area contributed by atoms with E-state index in [-0.39, 0.29) is 0 Å². The van der Waals surface area contributed by atoms with Crippen molar-refractivity contribution in [3.63, 3.8) is 0 Å². The molecule has 1 aliphatic carbocycles.